The molecule has 0 bridgehead atoms. The first-order valence-electron chi connectivity index (χ1n) is 10.6. The second kappa shape index (κ2) is 9.70. The summed E-state index contributed by atoms with van der Waals surface area (Å²) in [5.74, 6) is -0.286. The Bertz CT molecular complexity index is 1040. The van der Waals surface area contributed by atoms with Gasteiger partial charge in [0.2, 0.25) is 0 Å². The molecular formula is C24H26F3N3O2S. The third-order valence-corrected chi connectivity index (χ3v) is 6.90. The molecule has 1 aromatic heterocycles. The van der Waals surface area contributed by atoms with E-state index in [2.05, 4.69) is 26.1 Å². The highest BCUT2D eigenvalue weighted by Gasteiger charge is 2.43. The predicted molar refractivity (Wildman–Crippen MR) is 122 cm³/mol. The highest BCUT2D eigenvalue weighted by Crippen LogP contribution is 2.40. The molecule has 2 N–H and O–H groups in total. The van der Waals surface area contributed by atoms with Crippen molar-refractivity contribution in [2.24, 2.45) is 11.7 Å². The molecule has 0 aliphatic carbocycles. The first-order valence-corrected chi connectivity index (χ1v) is 11.4. The average Bonchev–Trinajstić information content (AvgIpc) is 3.21. The first kappa shape index (κ1) is 23.5. The van der Waals surface area contributed by atoms with Crippen molar-refractivity contribution < 1.29 is 22.6 Å². The maximum Gasteiger partial charge on any atom is 0.573 e. The van der Waals surface area contributed by atoms with E-state index >= 15 is 0 Å². The minimum atomic E-state index is -4.71. The number of benzene rings is 2. The van der Waals surface area contributed by atoms with Gasteiger partial charge < -0.3 is 20.1 Å². The Balaban J connectivity index is 1.63. The molecule has 1 saturated heterocycles. The molecule has 0 amide bonds. The fourth-order valence-electron chi connectivity index (χ4n) is 4.52. The van der Waals surface area contributed by atoms with Crippen LogP contribution in [0.2, 0.25) is 0 Å². The SMILES string of the molecule is COC1C(c2ccccc2)C(N)C(Cc2ccc(OC(F)(F)F)cc2)CN1c1cc(C)ns1. The molecule has 2 heterocycles. The Morgan fingerprint density at radius 3 is 2.39 bits per heavy atom. The third kappa shape index (κ3) is 5.48. The molecular weight excluding hydrogens is 451 g/mol. The number of nitrogens with zero attached hydrogens (tertiary/aromatic N) is 2. The number of anilines is 1. The first-order chi connectivity index (χ1) is 15.7. The molecule has 1 aliphatic heterocycles. The van der Waals surface area contributed by atoms with E-state index in [1.54, 1.807) is 19.2 Å². The number of hydrogen-bond donors (Lipinski definition) is 1. The summed E-state index contributed by atoms with van der Waals surface area (Å²) in [5, 5.41) is 1.01. The van der Waals surface area contributed by atoms with Crippen LogP contribution in [-0.4, -0.2) is 36.7 Å². The minimum absolute atomic E-state index is 0.0402. The van der Waals surface area contributed by atoms with Crippen LogP contribution >= 0.6 is 11.5 Å². The second-order valence-electron chi connectivity index (χ2n) is 8.25. The summed E-state index contributed by atoms with van der Waals surface area (Å²) in [6.07, 6.45) is -4.36. The average molecular weight is 478 g/mol. The van der Waals surface area contributed by atoms with Crippen LogP contribution in [0, 0.1) is 12.8 Å². The molecule has 3 aromatic rings. The lowest BCUT2D eigenvalue weighted by atomic mass is 9.76. The van der Waals surface area contributed by atoms with Crippen LogP contribution < -0.4 is 15.4 Å². The highest BCUT2D eigenvalue weighted by molar-refractivity contribution is 7.10. The fraction of sp³-hybridized carbons (Fsp3) is 0.375. The number of alkyl halides is 3. The highest BCUT2D eigenvalue weighted by atomic mass is 32.1. The smallest absolute Gasteiger partial charge is 0.406 e. The lowest BCUT2D eigenvalue weighted by molar-refractivity contribution is -0.274. The van der Waals surface area contributed by atoms with E-state index in [0.29, 0.717) is 13.0 Å². The summed E-state index contributed by atoms with van der Waals surface area (Å²) in [6, 6.07) is 17.9. The van der Waals surface area contributed by atoms with Gasteiger partial charge in [0, 0.05) is 25.6 Å². The zero-order chi connectivity index (χ0) is 23.6. The maximum absolute atomic E-state index is 12.5. The van der Waals surface area contributed by atoms with E-state index in [-0.39, 0.29) is 29.9 Å². The van der Waals surface area contributed by atoms with Crippen molar-refractivity contribution in [3.8, 4) is 5.75 Å². The van der Waals surface area contributed by atoms with Crippen molar-refractivity contribution in [3.05, 3.63) is 77.5 Å². The van der Waals surface area contributed by atoms with E-state index < -0.39 is 6.36 Å². The zero-order valence-corrected chi connectivity index (χ0v) is 19.1. The van der Waals surface area contributed by atoms with E-state index in [1.165, 1.54) is 23.7 Å². The molecule has 2 aromatic carbocycles. The summed E-state index contributed by atoms with van der Waals surface area (Å²) in [7, 11) is 1.69. The lowest BCUT2D eigenvalue weighted by Gasteiger charge is -2.48. The van der Waals surface area contributed by atoms with Crippen LogP contribution in [0.1, 0.15) is 22.7 Å². The molecule has 0 saturated carbocycles. The molecule has 1 fully saturated rings. The molecule has 4 rings (SSSR count). The Morgan fingerprint density at radius 1 is 1.12 bits per heavy atom. The van der Waals surface area contributed by atoms with Crippen molar-refractivity contribution in [1.82, 2.24) is 4.37 Å². The van der Waals surface area contributed by atoms with Crippen molar-refractivity contribution in [2.75, 3.05) is 18.6 Å². The van der Waals surface area contributed by atoms with Gasteiger partial charge in [0.25, 0.3) is 0 Å². The van der Waals surface area contributed by atoms with Gasteiger partial charge in [0.1, 0.15) is 17.0 Å². The Morgan fingerprint density at radius 2 is 1.82 bits per heavy atom. The van der Waals surface area contributed by atoms with Crippen LogP contribution in [0.15, 0.2) is 60.7 Å². The molecule has 4 atom stereocenters. The Labute approximate surface area is 195 Å². The second-order valence-corrected chi connectivity index (χ2v) is 9.04. The van der Waals surface area contributed by atoms with Crippen LogP contribution in [0.25, 0.3) is 0 Å². The maximum atomic E-state index is 12.5. The van der Waals surface area contributed by atoms with Gasteiger partial charge >= 0.3 is 6.36 Å². The van der Waals surface area contributed by atoms with Crippen LogP contribution in [0.5, 0.6) is 5.75 Å². The Kier molecular flexibility index (Phi) is 6.92. The number of hydrogen-bond acceptors (Lipinski definition) is 6. The van der Waals surface area contributed by atoms with Crippen molar-refractivity contribution in [2.45, 2.75) is 37.9 Å². The molecule has 0 radical (unpaired) electrons. The van der Waals surface area contributed by atoms with E-state index in [4.69, 9.17) is 10.5 Å². The quantitative estimate of drug-likeness (QED) is 0.535. The fourth-order valence-corrected chi connectivity index (χ4v) is 5.32. The van der Waals surface area contributed by atoms with Gasteiger partial charge in [0.05, 0.1) is 5.69 Å². The topological polar surface area (TPSA) is 60.6 Å². The van der Waals surface area contributed by atoms with E-state index in [1.807, 2.05) is 31.2 Å². The summed E-state index contributed by atoms with van der Waals surface area (Å²) in [4.78, 5) is 2.21. The van der Waals surface area contributed by atoms with Gasteiger partial charge in [-0.3, -0.25) is 0 Å². The van der Waals surface area contributed by atoms with Gasteiger partial charge in [0.15, 0.2) is 0 Å². The number of aryl methyl sites for hydroxylation is 1. The summed E-state index contributed by atoms with van der Waals surface area (Å²) in [5.41, 5.74) is 9.75. The van der Waals surface area contributed by atoms with Crippen molar-refractivity contribution >= 4 is 16.5 Å². The molecule has 33 heavy (non-hydrogen) atoms. The molecule has 5 nitrogen and oxygen atoms in total. The standard InChI is InChI=1S/C24H26F3N3O2S/c1-15-12-20(33-29-15)30-14-18(13-16-8-10-19(11-9-16)32-24(25,26)27)22(28)21(23(30)31-2)17-6-4-3-5-7-17/h3-12,18,21-23H,13-14,28H2,1-2H3. The van der Waals surface area contributed by atoms with Crippen LogP contribution in [0.3, 0.4) is 0 Å². The number of methoxy groups -OCH3 is 1. The van der Waals surface area contributed by atoms with Crippen LogP contribution in [0.4, 0.5) is 18.2 Å². The third-order valence-electron chi connectivity index (χ3n) is 5.98. The molecule has 4 unspecified atom stereocenters. The summed E-state index contributed by atoms with van der Waals surface area (Å²) >= 11 is 1.42. The van der Waals surface area contributed by atoms with E-state index in [0.717, 1.165) is 21.8 Å². The molecule has 0 spiro atoms. The number of rotatable bonds is 6. The summed E-state index contributed by atoms with van der Waals surface area (Å²) < 4.78 is 51.9. The van der Waals surface area contributed by atoms with Crippen molar-refractivity contribution in [1.29, 1.82) is 0 Å². The summed E-state index contributed by atoms with van der Waals surface area (Å²) in [6.45, 7) is 2.60. The number of piperidine rings is 1. The molecule has 9 heteroatoms. The normalized spacial score (nSPS) is 23.5. The van der Waals surface area contributed by atoms with Gasteiger partial charge in [-0.05, 0) is 60.1 Å². The lowest BCUT2D eigenvalue weighted by Crippen LogP contribution is -2.58. The molecule has 1 aliphatic rings. The van der Waals surface area contributed by atoms with Gasteiger partial charge in [-0.15, -0.1) is 13.2 Å². The Hall–Kier alpha value is -2.62. The number of halogens is 3. The largest absolute Gasteiger partial charge is 0.573 e. The number of aromatic nitrogens is 1. The zero-order valence-electron chi connectivity index (χ0n) is 18.3. The number of ether oxygens (including phenoxy) is 2. The van der Waals surface area contributed by atoms with E-state index in [9.17, 15) is 13.2 Å². The number of nitrogens with two attached hydrogens (primary N) is 1. The van der Waals surface area contributed by atoms with Gasteiger partial charge in [-0.1, -0.05) is 42.5 Å². The van der Waals surface area contributed by atoms with Crippen molar-refractivity contribution in [3.63, 3.8) is 0 Å². The molecule has 176 valence electrons. The monoisotopic (exact) mass is 477 g/mol. The van der Waals surface area contributed by atoms with Gasteiger partial charge in [-0.25, -0.2) is 0 Å². The van der Waals surface area contributed by atoms with Crippen LogP contribution in [-0.2, 0) is 11.2 Å². The minimum Gasteiger partial charge on any atom is -0.406 e. The van der Waals surface area contributed by atoms with Gasteiger partial charge in [-0.2, -0.15) is 4.37 Å². The predicted octanol–water partition coefficient (Wildman–Crippen LogP) is 5.11.